The van der Waals surface area contributed by atoms with Crippen molar-refractivity contribution in [3.05, 3.63) is 16.1 Å². The van der Waals surface area contributed by atoms with Crippen molar-refractivity contribution in [2.75, 3.05) is 0 Å². The molecule has 1 N–H and O–H groups in total. The molecule has 4 heteroatoms. The Labute approximate surface area is 63.0 Å². The van der Waals surface area contributed by atoms with Crippen molar-refractivity contribution >= 4 is 17.0 Å². The van der Waals surface area contributed by atoms with Crippen LogP contribution in [0.4, 0.5) is 0 Å². The maximum absolute atomic E-state index is 8.36. The Kier molecular flexibility index (Phi) is 2.01. The largest absolute Gasteiger partial charge is 0.411 e. The molecule has 0 saturated heterocycles. The molecular weight excluding hydrogens is 148 g/mol. The molecule has 0 bridgehead atoms. The van der Waals surface area contributed by atoms with Crippen molar-refractivity contribution in [2.24, 2.45) is 5.16 Å². The lowest BCUT2D eigenvalue weighted by atomic mass is 10.4. The van der Waals surface area contributed by atoms with E-state index in [0.717, 1.165) is 9.88 Å². The SMILES string of the molecule is CC(=NO)c1cnc(C)s1. The highest BCUT2D eigenvalue weighted by Gasteiger charge is 2.00. The fourth-order valence-electron chi connectivity index (χ4n) is 0.578. The normalized spacial score (nSPS) is 12.0. The molecule has 0 atom stereocenters. The molecule has 1 rings (SSSR count). The van der Waals surface area contributed by atoms with Crippen molar-refractivity contribution in [3.8, 4) is 0 Å². The van der Waals surface area contributed by atoms with Gasteiger partial charge in [0.2, 0.25) is 0 Å². The number of aryl methyl sites for hydroxylation is 1. The van der Waals surface area contributed by atoms with Crippen molar-refractivity contribution in [2.45, 2.75) is 13.8 Å². The van der Waals surface area contributed by atoms with Crippen LogP contribution in [0.1, 0.15) is 16.8 Å². The summed E-state index contributed by atoms with van der Waals surface area (Å²) < 4.78 is 0. The van der Waals surface area contributed by atoms with E-state index < -0.39 is 0 Å². The zero-order chi connectivity index (χ0) is 7.56. The number of hydrogen-bond acceptors (Lipinski definition) is 4. The van der Waals surface area contributed by atoms with E-state index in [4.69, 9.17) is 5.21 Å². The molecule has 54 valence electrons. The van der Waals surface area contributed by atoms with Gasteiger partial charge in [0.05, 0.1) is 15.6 Å². The Morgan fingerprint density at radius 2 is 2.50 bits per heavy atom. The second-order valence-electron chi connectivity index (χ2n) is 1.93. The molecule has 1 aromatic rings. The van der Waals surface area contributed by atoms with Crippen LogP contribution in [-0.2, 0) is 0 Å². The number of aromatic nitrogens is 1. The van der Waals surface area contributed by atoms with Crippen LogP contribution in [0.5, 0.6) is 0 Å². The minimum atomic E-state index is 0.616. The van der Waals surface area contributed by atoms with E-state index in [1.807, 2.05) is 6.92 Å². The monoisotopic (exact) mass is 156 g/mol. The number of nitrogens with zero attached hydrogens (tertiary/aromatic N) is 2. The van der Waals surface area contributed by atoms with Gasteiger partial charge >= 0.3 is 0 Å². The summed E-state index contributed by atoms with van der Waals surface area (Å²) in [5.41, 5.74) is 0.616. The Morgan fingerprint density at radius 1 is 1.80 bits per heavy atom. The highest BCUT2D eigenvalue weighted by atomic mass is 32.1. The number of thiazole rings is 1. The van der Waals surface area contributed by atoms with Gasteiger partial charge in [0.1, 0.15) is 0 Å². The first-order valence-corrected chi connectivity index (χ1v) is 3.67. The fraction of sp³-hybridized carbons (Fsp3) is 0.333. The fourth-order valence-corrected chi connectivity index (χ4v) is 1.30. The van der Waals surface area contributed by atoms with Gasteiger partial charge in [0.25, 0.3) is 0 Å². The second kappa shape index (κ2) is 2.79. The highest BCUT2D eigenvalue weighted by Crippen LogP contribution is 2.11. The first kappa shape index (κ1) is 7.21. The molecule has 0 amide bonds. The zero-order valence-electron chi connectivity index (χ0n) is 5.83. The smallest absolute Gasteiger partial charge is 0.0952 e. The molecule has 0 saturated carbocycles. The molecular formula is C6H8N2OS. The first-order chi connectivity index (χ1) is 4.74. The molecule has 0 fully saturated rings. The van der Waals surface area contributed by atoms with E-state index in [2.05, 4.69) is 10.1 Å². The summed E-state index contributed by atoms with van der Waals surface area (Å²) in [6, 6.07) is 0. The van der Waals surface area contributed by atoms with Crippen molar-refractivity contribution < 1.29 is 5.21 Å². The standard InChI is InChI=1S/C6H8N2OS/c1-4(8-9)6-3-7-5(2)10-6/h3,9H,1-2H3. The van der Waals surface area contributed by atoms with Gasteiger partial charge in [-0.3, -0.25) is 0 Å². The Bertz CT molecular complexity index is 254. The van der Waals surface area contributed by atoms with Crippen LogP contribution >= 0.6 is 11.3 Å². The summed E-state index contributed by atoms with van der Waals surface area (Å²) in [5, 5.41) is 12.4. The average Bonchev–Trinajstić information content (AvgIpc) is 2.34. The third-order valence-corrected chi connectivity index (χ3v) is 2.15. The van der Waals surface area contributed by atoms with Crippen LogP contribution in [0, 0.1) is 6.92 Å². The lowest BCUT2D eigenvalue weighted by molar-refractivity contribution is 0.319. The molecule has 0 aromatic carbocycles. The summed E-state index contributed by atoms with van der Waals surface area (Å²) in [6.07, 6.45) is 1.70. The Morgan fingerprint density at radius 3 is 2.90 bits per heavy atom. The number of hydrogen-bond donors (Lipinski definition) is 1. The topological polar surface area (TPSA) is 45.5 Å². The maximum Gasteiger partial charge on any atom is 0.0952 e. The average molecular weight is 156 g/mol. The summed E-state index contributed by atoms with van der Waals surface area (Å²) in [5.74, 6) is 0. The molecule has 0 spiro atoms. The van der Waals surface area contributed by atoms with Crippen molar-refractivity contribution in [3.63, 3.8) is 0 Å². The highest BCUT2D eigenvalue weighted by molar-refractivity contribution is 7.13. The van der Waals surface area contributed by atoms with Crippen LogP contribution in [0.3, 0.4) is 0 Å². The van der Waals surface area contributed by atoms with E-state index in [1.165, 1.54) is 11.3 Å². The molecule has 0 aliphatic rings. The van der Waals surface area contributed by atoms with Gasteiger partial charge in [-0.15, -0.1) is 11.3 Å². The molecule has 10 heavy (non-hydrogen) atoms. The van der Waals surface area contributed by atoms with Crippen molar-refractivity contribution in [1.29, 1.82) is 0 Å². The van der Waals surface area contributed by atoms with Crippen LogP contribution in [0.15, 0.2) is 11.4 Å². The second-order valence-corrected chi connectivity index (χ2v) is 3.16. The van der Waals surface area contributed by atoms with E-state index in [9.17, 15) is 0 Å². The van der Waals surface area contributed by atoms with Crippen LogP contribution in [-0.4, -0.2) is 15.9 Å². The molecule has 0 unspecified atom stereocenters. The zero-order valence-corrected chi connectivity index (χ0v) is 6.64. The van der Waals surface area contributed by atoms with E-state index in [-0.39, 0.29) is 0 Å². The van der Waals surface area contributed by atoms with Crippen LogP contribution in [0.2, 0.25) is 0 Å². The summed E-state index contributed by atoms with van der Waals surface area (Å²) in [6.45, 7) is 3.66. The first-order valence-electron chi connectivity index (χ1n) is 2.85. The van der Waals surface area contributed by atoms with E-state index in [0.29, 0.717) is 5.71 Å². The quantitative estimate of drug-likeness (QED) is 0.381. The molecule has 0 radical (unpaired) electrons. The molecule has 0 aliphatic carbocycles. The van der Waals surface area contributed by atoms with Crippen LogP contribution in [0.25, 0.3) is 0 Å². The number of rotatable bonds is 1. The third kappa shape index (κ3) is 1.33. The predicted molar refractivity (Wildman–Crippen MR) is 40.8 cm³/mol. The lowest BCUT2D eigenvalue weighted by Crippen LogP contribution is -1.88. The molecule has 1 aromatic heterocycles. The van der Waals surface area contributed by atoms with E-state index in [1.54, 1.807) is 13.1 Å². The molecule has 0 aliphatic heterocycles. The van der Waals surface area contributed by atoms with Gasteiger partial charge in [0.15, 0.2) is 0 Å². The van der Waals surface area contributed by atoms with Gasteiger partial charge in [0, 0.05) is 6.20 Å². The van der Waals surface area contributed by atoms with Gasteiger partial charge in [-0.05, 0) is 13.8 Å². The predicted octanol–water partition coefficient (Wildman–Crippen LogP) is 1.65. The maximum atomic E-state index is 8.36. The molecule has 1 heterocycles. The lowest BCUT2D eigenvalue weighted by Gasteiger charge is -1.86. The summed E-state index contributed by atoms with van der Waals surface area (Å²) in [7, 11) is 0. The summed E-state index contributed by atoms with van der Waals surface area (Å²) in [4.78, 5) is 4.93. The van der Waals surface area contributed by atoms with Gasteiger partial charge < -0.3 is 5.21 Å². The molecule has 3 nitrogen and oxygen atoms in total. The minimum Gasteiger partial charge on any atom is -0.411 e. The summed E-state index contributed by atoms with van der Waals surface area (Å²) >= 11 is 1.52. The van der Waals surface area contributed by atoms with Gasteiger partial charge in [-0.25, -0.2) is 4.98 Å². The minimum absolute atomic E-state index is 0.616. The number of oxime groups is 1. The third-order valence-electron chi connectivity index (χ3n) is 1.13. The van der Waals surface area contributed by atoms with Gasteiger partial charge in [-0.1, -0.05) is 5.16 Å². The van der Waals surface area contributed by atoms with Gasteiger partial charge in [-0.2, -0.15) is 0 Å². The van der Waals surface area contributed by atoms with E-state index >= 15 is 0 Å². The Balaban J connectivity index is 2.95. The van der Waals surface area contributed by atoms with Crippen LogP contribution < -0.4 is 0 Å². The Hall–Kier alpha value is -0.900. The van der Waals surface area contributed by atoms with Crippen molar-refractivity contribution in [1.82, 2.24) is 4.98 Å².